The zero-order chi connectivity index (χ0) is 6.97. The molecule has 2 heterocycles. The first-order chi connectivity index (χ1) is 4.88. The number of nitrogens with one attached hydrogen (secondary N) is 2. The first kappa shape index (κ1) is 5.73. The van der Waals surface area contributed by atoms with Gasteiger partial charge in [-0.05, 0) is 0 Å². The summed E-state index contributed by atoms with van der Waals surface area (Å²) in [5.41, 5.74) is 0.690. The lowest BCUT2D eigenvalue weighted by Gasteiger charge is -2.11. The summed E-state index contributed by atoms with van der Waals surface area (Å²) >= 11 is 5.83. The smallest absolute Gasteiger partial charge is 0.156 e. The largest absolute Gasteiger partial charge is 0.356 e. The first-order valence-corrected chi connectivity index (χ1v) is 3.27. The molecule has 0 aromatic carbocycles. The first-order valence-electron chi connectivity index (χ1n) is 2.84. The summed E-state index contributed by atoms with van der Waals surface area (Å²) in [4.78, 5) is 3.96. The molecule has 0 bridgehead atoms. The second kappa shape index (κ2) is 1.98. The predicted molar refractivity (Wildman–Crippen MR) is 38.5 cm³/mol. The van der Waals surface area contributed by atoms with Crippen LogP contribution in [0.5, 0.6) is 0 Å². The van der Waals surface area contributed by atoms with E-state index in [9.17, 15) is 0 Å². The molecule has 10 heavy (non-hydrogen) atoms. The van der Waals surface area contributed by atoms with Crippen LogP contribution in [-0.2, 0) is 0 Å². The molecule has 0 saturated carbocycles. The van der Waals surface area contributed by atoms with Gasteiger partial charge in [0.2, 0.25) is 0 Å². The Morgan fingerprint density at radius 2 is 2.50 bits per heavy atom. The van der Waals surface area contributed by atoms with Gasteiger partial charge in [-0.2, -0.15) is 5.10 Å². The highest BCUT2D eigenvalue weighted by atomic mass is 35.5. The van der Waals surface area contributed by atoms with Gasteiger partial charge < -0.3 is 5.32 Å². The van der Waals surface area contributed by atoms with Crippen LogP contribution in [0.1, 0.15) is 11.1 Å². The molecule has 1 aromatic heterocycles. The van der Waals surface area contributed by atoms with E-state index >= 15 is 0 Å². The lowest BCUT2D eigenvalue weighted by atomic mass is 10.3. The molecule has 0 spiro atoms. The van der Waals surface area contributed by atoms with Gasteiger partial charge in [0.15, 0.2) is 5.82 Å². The standard InChI is InChI=1S/C5H5ClN4/c6-4-3-1-9-10-5(3)8-2-7-4/h1-2,4H,(H2,7,8,9,10). The topological polar surface area (TPSA) is 53.1 Å². The fourth-order valence-corrected chi connectivity index (χ4v) is 1.05. The van der Waals surface area contributed by atoms with Crippen molar-refractivity contribution in [2.24, 2.45) is 4.99 Å². The number of nitrogens with zero attached hydrogens (tertiary/aromatic N) is 2. The highest BCUT2D eigenvalue weighted by molar-refractivity contribution is 6.21. The number of fused-ring (bicyclic) bond motifs is 1. The Morgan fingerprint density at radius 1 is 1.60 bits per heavy atom. The summed E-state index contributed by atoms with van der Waals surface area (Å²) in [5.74, 6) is 0.735. The average molecular weight is 157 g/mol. The minimum atomic E-state index is -0.203. The van der Waals surface area contributed by atoms with E-state index in [1.807, 2.05) is 0 Å². The molecule has 0 saturated heterocycles. The summed E-state index contributed by atoms with van der Waals surface area (Å²) in [6, 6.07) is 0. The van der Waals surface area contributed by atoms with Crippen molar-refractivity contribution in [1.82, 2.24) is 15.5 Å². The predicted octanol–water partition coefficient (Wildman–Crippen LogP) is 0.910. The van der Waals surface area contributed by atoms with E-state index in [0.717, 1.165) is 11.4 Å². The molecule has 0 radical (unpaired) electrons. The summed E-state index contributed by atoms with van der Waals surface area (Å²) in [6.45, 7) is 0. The zero-order valence-electron chi connectivity index (χ0n) is 5.00. The van der Waals surface area contributed by atoms with Gasteiger partial charge in [-0.3, -0.25) is 5.10 Å². The van der Waals surface area contributed by atoms with Crippen molar-refractivity contribution in [3.63, 3.8) is 0 Å². The molecule has 1 unspecified atom stereocenters. The summed E-state index contributed by atoms with van der Waals surface area (Å²) in [5, 5.41) is 9.34. The van der Waals surface area contributed by atoms with Crippen molar-refractivity contribution in [3.05, 3.63) is 11.8 Å². The van der Waals surface area contributed by atoms with E-state index in [0.29, 0.717) is 0 Å². The molecule has 1 aliphatic heterocycles. The molecule has 1 atom stereocenters. The highest BCUT2D eigenvalue weighted by Crippen LogP contribution is 2.27. The Hall–Kier alpha value is -1.03. The number of aromatic nitrogens is 2. The van der Waals surface area contributed by atoms with Gasteiger partial charge in [0, 0.05) is 0 Å². The minimum absolute atomic E-state index is 0.203. The van der Waals surface area contributed by atoms with E-state index in [4.69, 9.17) is 11.6 Å². The Kier molecular flexibility index (Phi) is 1.14. The van der Waals surface area contributed by atoms with Crippen molar-refractivity contribution in [2.45, 2.75) is 5.50 Å². The van der Waals surface area contributed by atoms with Crippen molar-refractivity contribution in [3.8, 4) is 0 Å². The molecule has 1 aliphatic rings. The second-order valence-corrected chi connectivity index (χ2v) is 2.40. The third-order valence-electron chi connectivity index (χ3n) is 1.34. The van der Waals surface area contributed by atoms with Crippen molar-refractivity contribution in [2.75, 3.05) is 0 Å². The third-order valence-corrected chi connectivity index (χ3v) is 1.70. The van der Waals surface area contributed by atoms with Crippen LogP contribution in [0.2, 0.25) is 0 Å². The van der Waals surface area contributed by atoms with Gasteiger partial charge in [-0.25, -0.2) is 4.99 Å². The fourth-order valence-electron chi connectivity index (χ4n) is 0.835. The molecule has 2 rings (SSSR count). The summed E-state index contributed by atoms with van der Waals surface area (Å²) in [6.07, 6.45) is 3.22. The Bertz CT molecular complexity index is 266. The lowest BCUT2D eigenvalue weighted by Crippen LogP contribution is -2.16. The molecular formula is C5H5ClN4. The maximum absolute atomic E-state index is 5.83. The van der Waals surface area contributed by atoms with E-state index in [-0.39, 0.29) is 5.50 Å². The highest BCUT2D eigenvalue weighted by Gasteiger charge is 2.15. The SMILES string of the molecule is ClC1NC=Nc2[nH]ncc21. The van der Waals surface area contributed by atoms with Crippen molar-refractivity contribution in [1.29, 1.82) is 0 Å². The fraction of sp³-hybridized carbons (Fsp3) is 0.200. The van der Waals surface area contributed by atoms with Crippen molar-refractivity contribution < 1.29 is 0 Å². The molecule has 0 aliphatic carbocycles. The van der Waals surface area contributed by atoms with Gasteiger partial charge in [0.05, 0.1) is 18.1 Å². The van der Waals surface area contributed by atoms with Gasteiger partial charge in [-0.1, -0.05) is 11.6 Å². The van der Waals surface area contributed by atoms with Gasteiger partial charge >= 0.3 is 0 Å². The zero-order valence-corrected chi connectivity index (χ0v) is 5.76. The number of hydrogen-bond donors (Lipinski definition) is 2. The van der Waals surface area contributed by atoms with Gasteiger partial charge in [-0.15, -0.1) is 0 Å². The van der Waals surface area contributed by atoms with Crippen LogP contribution in [0.3, 0.4) is 0 Å². The maximum Gasteiger partial charge on any atom is 0.156 e. The molecule has 4 nitrogen and oxygen atoms in total. The van der Waals surface area contributed by atoms with Crippen LogP contribution < -0.4 is 5.32 Å². The Labute approximate surface area is 62.3 Å². The molecular weight excluding hydrogens is 152 g/mol. The van der Waals surface area contributed by atoms with E-state index < -0.39 is 0 Å². The summed E-state index contributed by atoms with van der Waals surface area (Å²) < 4.78 is 0. The quantitative estimate of drug-likeness (QED) is 0.433. The van der Waals surface area contributed by atoms with Crippen LogP contribution in [0.25, 0.3) is 0 Å². The summed E-state index contributed by atoms with van der Waals surface area (Å²) in [7, 11) is 0. The minimum Gasteiger partial charge on any atom is -0.356 e. The number of H-pyrrole nitrogens is 1. The molecule has 5 heteroatoms. The third kappa shape index (κ3) is 0.690. The van der Waals surface area contributed by atoms with Crippen molar-refractivity contribution >= 4 is 23.8 Å². The second-order valence-electron chi connectivity index (χ2n) is 1.96. The maximum atomic E-state index is 5.83. The van der Waals surface area contributed by atoms with E-state index in [2.05, 4.69) is 20.5 Å². The lowest BCUT2D eigenvalue weighted by molar-refractivity contribution is 0.873. The van der Waals surface area contributed by atoms with Crippen LogP contribution in [0.15, 0.2) is 11.2 Å². The molecule has 0 fully saturated rings. The van der Waals surface area contributed by atoms with E-state index in [1.165, 1.54) is 0 Å². The van der Waals surface area contributed by atoms with E-state index in [1.54, 1.807) is 12.5 Å². The van der Waals surface area contributed by atoms with Gasteiger partial charge in [0.25, 0.3) is 0 Å². The molecule has 52 valence electrons. The van der Waals surface area contributed by atoms with Crippen LogP contribution in [0.4, 0.5) is 5.82 Å². The van der Waals surface area contributed by atoms with Gasteiger partial charge in [0.1, 0.15) is 5.50 Å². The normalized spacial score (nSPS) is 21.9. The molecule has 0 amide bonds. The van der Waals surface area contributed by atoms with Crippen LogP contribution in [-0.4, -0.2) is 16.5 Å². The number of hydrogen-bond acceptors (Lipinski definition) is 3. The molecule has 1 aromatic rings. The number of rotatable bonds is 0. The number of halogens is 1. The molecule has 2 N–H and O–H groups in total. The number of alkyl halides is 1. The monoisotopic (exact) mass is 156 g/mol. The average Bonchev–Trinajstić information content (AvgIpc) is 2.36. The Morgan fingerprint density at radius 3 is 3.30 bits per heavy atom. The van der Waals surface area contributed by atoms with Crippen LogP contribution >= 0.6 is 11.6 Å². The number of aliphatic imine (C=N–C) groups is 1. The van der Waals surface area contributed by atoms with Crippen LogP contribution in [0, 0.1) is 0 Å². The Balaban J connectivity index is 2.52. The number of aromatic amines is 1.